The molecule has 3 heterocycles. The van der Waals surface area contributed by atoms with Crippen molar-refractivity contribution in [2.24, 2.45) is 0 Å². The highest BCUT2D eigenvalue weighted by atomic mass is 32.1. The predicted octanol–water partition coefficient (Wildman–Crippen LogP) is 6.42. The first-order valence-electron chi connectivity index (χ1n) is 11.4. The highest BCUT2D eigenvalue weighted by molar-refractivity contribution is 7.80. The third-order valence-corrected chi connectivity index (χ3v) is 6.91. The molecule has 4 nitrogen and oxygen atoms in total. The van der Waals surface area contributed by atoms with Crippen LogP contribution in [-0.2, 0) is 0 Å². The van der Waals surface area contributed by atoms with Gasteiger partial charge in [-0.1, -0.05) is 18.2 Å². The van der Waals surface area contributed by atoms with Gasteiger partial charge in [0.05, 0.1) is 17.8 Å². The third kappa shape index (κ3) is 3.78. The molecule has 2 aromatic carbocycles. The predicted molar refractivity (Wildman–Crippen MR) is 139 cm³/mol. The number of hydrogen-bond acceptors (Lipinski definition) is 2. The van der Waals surface area contributed by atoms with Crippen molar-refractivity contribution in [3.8, 4) is 5.69 Å². The minimum Gasteiger partial charge on any atom is -0.351 e. The van der Waals surface area contributed by atoms with Gasteiger partial charge in [-0.2, -0.15) is 0 Å². The van der Waals surface area contributed by atoms with Crippen LogP contribution in [0.4, 0.5) is 10.1 Å². The summed E-state index contributed by atoms with van der Waals surface area (Å²) >= 11 is 5.81. The normalized spacial score (nSPS) is 17.8. The molecule has 4 aromatic rings. The van der Waals surface area contributed by atoms with Gasteiger partial charge in [0.25, 0.3) is 0 Å². The van der Waals surface area contributed by atoms with E-state index in [1.54, 1.807) is 18.3 Å². The van der Waals surface area contributed by atoms with Gasteiger partial charge in [0.15, 0.2) is 5.11 Å². The molecule has 0 bridgehead atoms. The lowest BCUT2D eigenvalue weighted by Crippen LogP contribution is -2.29. The summed E-state index contributed by atoms with van der Waals surface area (Å²) in [5.74, 6) is -0.271. The Kier molecular flexibility index (Phi) is 5.70. The van der Waals surface area contributed by atoms with Gasteiger partial charge in [0.1, 0.15) is 5.82 Å². The molecule has 0 radical (unpaired) electrons. The van der Waals surface area contributed by atoms with Crippen molar-refractivity contribution in [1.82, 2.24) is 14.9 Å². The highest BCUT2D eigenvalue weighted by Gasteiger charge is 2.42. The summed E-state index contributed by atoms with van der Waals surface area (Å²) in [6, 6.07) is 20.9. The molecule has 172 valence electrons. The Morgan fingerprint density at radius 3 is 2.41 bits per heavy atom. The van der Waals surface area contributed by atoms with E-state index in [4.69, 9.17) is 12.2 Å². The Labute approximate surface area is 205 Å². The Balaban J connectivity index is 1.70. The molecule has 0 unspecified atom stereocenters. The van der Waals surface area contributed by atoms with Crippen LogP contribution in [0.15, 0.2) is 72.9 Å². The number of nitrogens with zero attached hydrogens (tertiary/aromatic N) is 3. The van der Waals surface area contributed by atoms with Gasteiger partial charge in [0.2, 0.25) is 0 Å². The standard InChI is InChI=1S/C28H27FN4S/c1-17-8-9-18(2)25(15-17)32-19(3)16-23(20(32)4)27-26(24-7-5-6-14-30-24)31-28(34)33(27)22-12-10-21(29)11-13-22/h5-16,26-27H,1-4H3,(H,31,34)/t26-,27+/m1/s1. The van der Waals surface area contributed by atoms with E-state index in [2.05, 4.69) is 71.7 Å². The summed E-state index contributed by atoms with van der Waals surface area (Å²) in [6.45, 7) is 8.55. The summed E-state index contributed by atoms with van der Waals surface area (Å²) < 4.78 is 16.0. The zero-order chi connectivity index (χ0) is 24.0. The van der Waals surface area contributed by atoms with E-state index in [1.807, 2.05) is 18.2 Å². The van der Waals surface area contributed by atoms with Crippen molar-refractivity contribution < 1.29 is 4.39 Å². The number of halogens is 1. The molecule has 5 rings (SSSR count). The molecular formula is C28H27FN4S. The zero-order valence-electron chi connectivity index (χ0n) is 19.7. The summed E-state index contributed by atoms with van der Waals surface area (Å²) in [4.78, 5) is 6.73. The number of aromatic nitrogens is 2. The number of nitrogens with one attached hydrogen (secondary N) is 1. The summed E-state index contributed by atoms with van der Waals surface area (Å²) in [6.07, 6.45) is 1.80. The van der Waals surface area contributed by atoms with Gasteiger partial charge in [-0.05, 0) is 105 Å². The first kappa shape index (κ1) is 22.3. The van der Waals surface area contributed by atoms with Crippen molar-refractivity contribution in [1.29, 1.82) is 0 Å². The Bertz CT molecular complexity index is 1360. The number of pyridine rings is 1. The second-order valence-corrected chi connectivity index (χ2v) is 9.31. The SMILES string of the molecule is Cc1ccc(C)c(-n2c(C)cc([C@H]3[C@@H](c4ccccn4)NC(=S)N3c3ccc(F)cc3)c2C)c1. The maximum absolute atomic E-state index is 13.7. The smallest absolute Gasteiger partial charge is 0.174 e. The van der Waals surface area contributed by atoms with Crippen LogP contribution in [0.1, 0.15) is 45.9 Å². The molecule has 34 heavy (non-hydrogen) atoms. The molecule has 0 amide bonds. The van der Waals surface area contributed by atoms with E-state index in [1.165, 1.54) is 28.9 Å². The van der Waals surface area contributed by atoms with Crippen LogP contribution < -0.4 is 10.2 Å². The fraction of sp³-hybridized carbons (Fsp3) is 0.214. The van der Waals surface area contributed by atoms with Gasteiger partial charge < -0.3 is 14.8 Å². The lowest BCUT2D eigenvalue weighted by Gasteiger charge is -2.28. The number of aryl methyl sites for hydroxylation is 3. The number of anilines is 1. The van der Waals surface area contributed by atoms with Crippen LogP contribution in [0.2, 0.25) is 0 Å². The topological polar surface area (TPSA) is 33.1 Å². The quantitative estimate of drug-likeness (QED) is 0.349. The van der Waals surface area contributed by atoms with E-state index in [0.29, 0.717) is 5.11 Å². The van der Waals surface area contributed by atoms with Gasteiger partial charge in [-0.3, -0.25) is 4.98 Å². The first-order chi connectivity index (χ1) is 16.3. The van der Waals surface area contributed by atoms with Crippen LogP contribution >= 0.6 is 12.2 Å². The van der Waals surface area contributed by atoms with Crippen molar-refractivity contribution in [3.63, 3.8) is 0 Å². The fourth-order valence-electron chi connectivity index (χ4n) is 4.97. The van der Waals surface area contributed by atoms with Crippen molar-refractivity contribution in [2.45, 2.75) is 39.8 Å². The van der Waals surface area contributed by atoms with Crippen LogP contribution in [0.3, 0.4) is 0 Å². The molecule has 1 N–H and O–H groups in total. The monoisotopic (exact) mass is 470 g/mol. The van der Waals surface area contributed by atoms with Gasteiger partial charge in [-0.25, -0.2) is 4.39 Å². The molecule has 0 spiro atoms. The van der Waals surface area contributed by atoms with E-state index >= 15 is 0 Å². The molecular weight excluding hydrogens is 443 g/mol. The van der Waals surface area contributed by atoms with Crippen LogP contribution in [0.5, 0.6) is 0 Å². The van der Waals surface area contributed by atoms with Crippen LogP contribution in [0.25, 0.3) is 5.69 Å². The second-order valence-electron chi connectivity index (χ2n) is 8.92. The van der Waals surface area contributed by atoms with Gasteiger partial charge in [0, 0.05) is 29.0 Å². The van der Waals surface area contributed by atoms with Crippen molar-refractivity contribution in [2.75, 3.05) is 4.90 Å². The van der Waals surface area contributed by atoms with Crippen molar-refractivity contribution >= 4 is 23.0 Å². The lowest BCUT2D eigenvalue weighted by atomic mass is 9.96. The maximum atomic E-state index is 13.7. The summed E-state index contributed by atoms with van der Waals surface area (Å²) in [7, 11) is 0. The number of benzene rings is 2. The number of hydrogen-bond donors (Lipinski definition) is 1. The Morgan fingerprint density at radius 1 is 0.941 bits per heavy atom. The maximum Gasteiger partial charge on any atom is 0.174 e. The van der Waals surface area contributed by atoms with E-state index in [0.717, 1.165) is 28.3 Å². The first-order valence-corrected chi connectivity index (χ1v) is 11.8. The largest absolute Gasteiger partial charge is 0.351 e. The molecule has 1 aliphatic heterocycles. The van der Waals surface area contributed by atoms with Crippen LogP contribution in [-0.4, -0.2) is 14.7 Å². The zero-order valence-corrected chi connectivity index (χ0v) is 20.5. The summed E-state index contributed by atoms with van der Waals surface area (Å²) in [5.41, 5.74) is 8.83. The minimum atomic E-state index is -0.271. The van der Waals surface area contributed by atoms with Gasteiger partial charge >= 0.3 is 0 Å². The number of rotatable bonds is 4. The molecule has 0 aliphatic carbocycles. The van der Waals surface area contributed by atoms with Crippen molar-refractivity contribution in [3.05, 3.63) is 113 Å². The molecule has 2 atom stereocenters. The number of thiocarbonyl (C=S) groups is 1. The average molecular weight is 471 g/mol. The average Bonchev–Trinajstić information content (AvgIpc) is 3.32. The third-order valence-electron chi connectivity index (χ3n) is 6.60. The lowest BCUT2D eigenvalue weighted by molar-refractivity contribution is 0.565. The van der Waals surface area contributed by atoms with Gasteiger partial charge in [-0.15, -0.1) is 0 Å². The molecule has 1 saturated heterocycles. The summed E-state index contributed by atoms with van der Waals surface area (Å²) in [5, 5.41) is 4.09. The minimum absolute atomic E-state index is 0.141. The fourth-order valence-corrected chi connectivity index (χ4v) is 5.31. The Hall–Kier alpha value is -3.51. The molecule has 1 fully saturated rings. The van der Waals surface area contributed by atoms with E-state index < -0.39 is 0 Å². The molecule has 6 heteroatoms. The van der Waals surface area contributed by atoms with E-state index in [9.17, 15) is 4.39 Å². The van der Waals surface area contributed by atoms with Crippen LogP contribution in [0, 0.1) is 33.5 Å². The second kappa shape index (κ2) is 8.69. The van der Waals surface area contributed by atoms with E-state index in [-0.39, 0.29) is 17.9 Å². The highest BCUT2D eigenvalue weighted by Crippen LogP contribution is 2.43. The Morgan fingerprint density at radius 2 is 1.71 bits per heavy atom. The molecule has 0 saturated carbocycles. The molecule has 2 aromatic heterocycles. The molecule has 1 aliphatic rings.